The van der Waals surface area contributed by atoms with Crippen molar-refractivity contribution in [1.82, 2.24) is 9.88 Å². The number of fused-ring (bicyclic) bond motifs is 1. The van der Waals surface area contributed by atoms with E-state index in [4.69, 9.17) is 9.72 Å². The Morgan fingerprint density at radius 2 is 1.94 bits per heavy atom. The summed E-state index contributed by atoms with van der Waals surface area (Å²) in [6, 6.07) is 9.52. The number of pyridine rings is 1. The molecule has 0 aliphatic carbocycles. The first-order valence-electron chi connectivity index (χ1n) is 10.3. The molecule has 1 N–H and O–H groups in total. The standard InChI is InChI=1S/C24H29N3O3S/c1-14(2)12-27(5)13-17-8-10-19-20(21(24(29)30-6)31-23(19)25-17)26-22(28)18-9-7-15(3)11-16(18)4/h7-11,14H,12-13H2,1-6H3,(H,26,28). The van der Waals surface area contributed by atoms with Gasteiger partial charge in [0.2, 0.25) is 0 Å². The van der Waals surface area contributed by atoms with E-state index in [-0.39, 0.29) is 5.91 Å². The molecule has 0 aliphatic rings. The van der Waals surface area contributed by atoms with Crippen molar-refractivity contribution in [3.63, 3.8) is 0 Å². The van der Waals surface area contributed by atoms with Crippen molar-refractivity contribution in [2.75, 3.05) is 26.0 Å². The van der Waals surface area contributed by atoms with Crippen LogP contribution >= 0.6 is 11.3 Å². The highest BCUT2D eigenvalue weighted by Gasteiger charge is 2.23. The molecule has 0 saturated carbocycles. The number of amides is 1. The van der Waals surface area contributed by atoms with Crippen LogP contribution in [-0.2, 0) is 11.3 Å². The maximum absolute atomic E-state index is 13.0. The van der Waals surface area contributed by atoms with Crippen molar-refractivity contribution in [2.45, 2.75) is 34.2 Å². The average molecular weight is 440 g/mol. The number of aryl methyl sites for hydroxylation is 2. The molecule has 0 unspecified atom stereocenters. The van der Waals surface area contributed by atoms with Crippen LogP contribution < -0.4 is 5.32 Å². The quantitative estimate of drug-likeness (QED) is 0.522. The molecule has 0 saturated heterocycles. The summed E-state index contributed by atoms with van der Waals surface area (Å²) in [5.74, 6) is -0.186. The first-order chi connectivity index (χ1) is 14.7. The van der Waals surface area contributed by atoms with Gasteiger partial charge in [0, 0.05) is 24.0 Å². The number of anilines is 1. The molecule has 0 spiro atoms. The van der Waals surface area contributed by atoms with Crippen molar-refractivity contribution < 1.29 is 14.3 Å². The fourth-order valence-corrected chi connectivity index (χ4v) is 4.75. The molecule has 2 aromatic heterocycles. The molecule has 2 heterocycles. The summed E-state index contributed by atoms with van der Waals surface area (Å²) < 4.78 is 4.96. The Bertz CT molecular complexity index is 1120. The summed E-state index contributed by atoms with van der Waals surface area (Å²) in [5.41, 5.74) is 3.90. The Morgan fingerprint density at radius 3 is 2.58 bits per heavy atom. The third-order valence-corrected chi connectivity index (χ3v) is 6.04. The zero-order valence-electron chi connectivity index (χ0n) is 18.9. The highest BCUT2D eigenvalue weighted by atomic mass is 32.1. The van der Waals surface area contributed by atoms with E-state index in [1.54, 1.807) is 6.07 Å². The maximum atomic E-state index is 13.0. The van der Waals surface area contributed by atoms with Crippen LogP contribution in [0.4, 0.5) is 5.69 Å². The van der Waals surface area contributed by atoms with Gasteiger partial charge in [0.05, 0.1) is 18.5 Å². The molecule has 0 aliphatic heterocycles. The molecular weight excluding hydrogens is 410 g/mol. The molecule has 0 atom stereocenters. The van der Waals surface area contributed by atoms with Crippen molar-refractivity contribution >= 4 is 39.1 Å². The van der Waals surface area contributed by atoms with Crippen LogP contribution in [0.5, 0.6) is 0 Å². The van der Waals surface area contributed by atoms with E-state index >= 15 is 0 Å². The van der Waals surface area contributed by atoms with E-state index in [1.165, 1.54) is 18.4 Å². The number of aromatic nitrogens is 1. The number of carbonyl (C=O) groups is 2. The second-order valence-corrected chi connectivity index (χ2v) is 9.32. The van der Waals surface area contributed by atoms with Crippen LogP contribution in [0.25, 0.3) is 10.2 Å². The van der Waals surface area contributed by atoms with Gasteiger partial charge in [-0.25, -0.2) is 9.78 Å². The zero-order chi connectivity index (χ0) is 22.7. The van der Waals surface area contributed by atoms with Crippen LogP contribution in [0, 0.1) is 19.8 Å². The predicted molar refractivity (Wildman–Crippen MR) is 126 cm³/mol. The lowest BCUT2D eigenvalue weighted by Crippen LogP contribution is -2.23. The molecule has 0 radical (unpaired) electrons. The highest BCUT2D eigenvalue weighted by Crippen LogP contribution is 2.36. The Labute approximate surface area is 187 Å². The Kier molecular flexibility index (Phi) is 7.08. The summed E-state index contributed by atoms with van der Waals surface area (Å²) in [7, 11) is 3.40. The lowest BCUT2D eigenvalue weighted by molar-refractivity contribution is 0.0607. The Balaban J connectivity index is 1.97. The normalized spacial score (nSPS) is 11.4. The first kappa shape index (κ1) is 22.9. The van der Waals surface area contributed by atoms with Gasteiger partial charge < -0.3 is 15.0 Å². The SMILES string of the molecule is COC(=O)c1sc2nc(CN(C)CC(C)C)ccc2c1NC(=O)c1ccc(C)cc1C. The molecular formula is C24H29N3O3S. The van der Waals surface area contributed by atoms with Crippen molar-refractivity contribution in [1.29, 1.82) is 0 Å². The highest BCUT2D eigenvalue weighted by molar-refractivity contribution is 7.21. The summed E-state index contributed by atoms with van der Waals surface area (Å²) in [6.07, 6.45) is 0. The number of ether oxygens (including phenoxy) is 1. The van der Waals surface area contributed by atoms with Crippen molar-refractivity contribution in [2.24, 2.45) is 5.92 Å². The average Bonchev–Trinajstić information content (AvgIpc) is 3.04. The number of rotatable bonds is 7. The number of hydrogen-bond acceptors (Lipinski definition) is 6. The van der Waals surface area contributed by atoms with Gasteiger partial charge in [0.25, 0.3) is 5.91 Å². The molecule has 7 heteroatoms. The fraction of sp³-hybridized carbons (Fsp3) is 0.375. The lowest BCUT2D eigenvalue weighted by atomic mass is 10.1. The van der Waals surface area contributed by atoms with Gasteiger partial charge in [-0.05, 0) is 50.6 Å². The largest absolute Gasteiger partial charge is 0.465 e. The van der Waals surface area contributed by atoms with Gasteiger partial charge >= 0.3 is 5.97 Å². The zero-order valence-corrected chi connectivity index (χ0v) is 19.7. The van der Waals surface area contributed by atoms with Crippen molar-refractivity contribution in [3.8, 4) is 0 Å². The van der Waals surface area contributed by atoms with Gasteiger partial charge in [0.15, 0.2) is 0 Å². The Morgan fingerprint density at radius 1 is 1.19 bits per heavy atom. The summed E-state index contributed by atoms with van der Waals surface area (Å²) in [4.78, 5) is 33.4. The predicted octanol–water partition coefficient (Wildman–Crippen LogP) is 5.04. The van der Waals surface area contributed by atoms with E-state index in [0.717, 1.165) is 28.8 Å². The number of nitrogens with zero attached hydrogens (tertiary/aromatic N) is 2. The molecule has 0 fully saturated rings. The summed E-state index contributed by atoms with van der Waals surface area (Å²) in [5, 5.41) is 3.67. The summed E-state index contributed by atoms with van der Waals surface area (Å²) in [6.45, 7) is 9.92. The minimum absolute atomic E-state index is 0.261. The lowest BCUT2D eigenvalue weighted by Gasteiger charge is -2.18. The van der Waals surface area contributed by atoms with Gasteiger partial charge in [-0.1, -0.05) is 31.5 Å². The van der Waals surface area contributed by atoms with Gasteiger partial charge in [-0.3, -0.25) is 4.79 Å². The number of thiophene rings is 1. The smallest absolute Gasteiger partial charge is 0.350 e. The van der Waals surface area contributed by atoms with Gasteiger partial charge in [-0.2, -0.15) is 0 Å². The van der Waals surface area contributed by atoms with Crippen molar-refractivity contribution in [3.05, 3.63) is 57.6 Å². The van der Waals surface area contributed by atoms with Gasteiger partial charge in [-0.15, -0.1) is 11.3 Å². The number of methoxy groups -OCH3 is 1. The van der Waals surface area contributed by atoms with Gasteiger partial charge in [0.1, 0.15) is 9.71 Å². The number of hydrogen-bond donors (Lipinski definition) is 1. The number of esters is 1. The number of nitrogens with one attached hydrogen (secondary N) is 1. The molecule has 1 aromatic carbocycles. The minimum atomic E-state index is -0.489. The van der Waals surface area contributed by atoms with E-state index in [1.807, 2.05) is 38.1 Å². The fourth-order valence-electron chi connectivity index (χ4n) is 3.68. The third-order valence-electron chi connectivity index (χ3n) is 4.96. The van der Waals surface area contributed by atoms with E-state index < -0.39 is 5.97 Å². The third kappa shape index (κ3) is 5.29. The Hall–Kier alpha value is -2.77. The molecule has 6 nitrogen and oxygen atoms in total. The molecule has 1 amide bonds. The molecule has 164 valence electrons. The van der Waals surface area contributed by atoms with E-state index in [0.29, 0.717) is 33.4 Å². The summed E-state index contributed by atoms with van der Waals surface area (Å²) >= 11 is 1.24. The maximum Gasteiger partial charge on any atom is 0.350 e. The second-order valence-electron chi connectivity index (χ2n) is 8.32. The number of carbonyl (C=O) groups excluding carboxylic acids is 2. The molecule has 0 bridgehead atoms. The topological polar surface area (TPSA) is 71.5 Å². The van der Waals surface area contributed by atoms with E-state index in [2.05, 4.69) is 31.1 Å². The minimum Gasteiger partial charge on any atom is -0.465 e. The van der Waals surface area contributed by atoms with Crippen LogP contribution in [0.1, 0.15) is 50.7 Å². The molecule has 3 rings (SSSR count). The molecule has 31 heavy (non-hydrogen) atoms. The van der Waals surface area contributed by atoms with Crippen LogP contribution in [0.3, 0.4) is 0 Å². The van der Waals surface area contributed by atoms with Crippen LogP contribution in [0.2, 0.25) is 0 Å². The number of benzene rings is 1. The molecule has 3 aromatic rings. The monoisotopic (exact) mass is 439 g/mol. The van der Waals surface area contributed by atoms with Crippen LogP contribution in [-0.4, -0.2) is 42.5 Å². The first-order valence-corrected chi connectivity index (χ1v) is 11.1. The van der Waals surface area contributed by atoms with Crippen LogP contribution in [0.15, 0.2) is 30.3 Å². The van der Waals surface area contributed by atoms with E-state index in [9.17, 15) is 9.59 Å². The second kappa shape index (κ2) is 9.58.